The van der Waals surface area contributed by atoms with Crippen LogP contribution in [0.1, 0.15) is 12.8 Å². The van der Waals surface area contributed by atoms with Gasteiger partial charge in [-0.25, -0.2) is 4.98 Å². The lowest BCUT2D eigenvalue weighted by Crippen LogP contribution is -2.16. The summed E-state index contributed by atoms with van der Waals surface area (Å²) < 4.78 is 11.5. The minimum absolute atomic E-state index is 0.221. The summed E-state index contributed by atoms with van der Waals surface area (Å²) in [4.78, 5) is 9.15. The van der Waals surface area contributed by atoms with Crippen LogP contribution < -0.4 is 4.74 Å². The molecule has 2 aromatic carbocycles. The average molecular weight is 306 g/mol. The van der Waals surface area contributed by atoms with E-state index in [1.54, 1.807) is 0 Å². The van der Waals surface area contributed by atoms with Crippen molar-refractivity contribution in [2.75, 3.05) is 13.2 Å². The van der Waals surface area contributed by atoms with Crippen molar-refractivity contribution >= 4 is 11.0 Å². The molecule has 23 heavy (non-hydrogen) atoms. The van der Waals surface area contributed by atoms with Gasteiger partial charge in [0, 0.05) is 12.2 Å². The van der Waals surface area contributed by atoms with Crippen molar-refractivity contribution in [1.82, 2.24) is 9.97 Å². The summed E-state index contributed by atoms with van der Waals surface area (Å²) in [7, 11) is 0. The summed E-state index contributed by atoms with van der Waals surface area (Å²) in [6, 6.07) is 15.9. The maximum atomic E-state index is 5.87. The van der Waals surface area contributed by atoms with E-state index >= 15 is 0 Å². The third kappa shape index (κ3) is 3.17. The number of nitrogens with zero attached hydrogens (tertiary/aromatic N) is 2. The standard InChI is InChI=1S/C19H18N2O2/c1-2-9-18-17(8-1)20-12-19(21-18)14-5-3-6-15(11-14)23-13-16-7-4-10-22-16/h1-3,5-6,8-9,11-12,16H,4,7,10,13H2. The van der Waals surface area contributed by atoms with Crippen molar-refractivity contribution in [2.24, 2.45) is 0 Å². The van der Waals surface area contributed by atoms with E-state index in [2.05, 4.69) is 9.97 Å². The Balaban J connectivity index is 1.56. The van der Waals surface area contributed by atoms with Crippen molar-refractivity contribution in [1.29, 1.82) is 0 Å². The summed E-state index contributed by atoms with van der Waals surface area (Å²) >= 11 is 0. The lowest BCUT2D eigenvalue weighted by molar-refractivity contribution is 0.0680. The highest BCUT2D eigenvalue weighted by molar-refractivity contribution is 5.77. The zero-order valence-corrected chi connectivity index (χ0v) is 12.8. The van der Waals surface area contributed by atoms with Crippen LogP contribution in [0.4, 0.5) is 0 Å². The van der Waals surface area contributed by atoms with Crippen LogP contribution in [-0.2, 0) is 4.74 Å². The molecule has 1 unspecified atom stereocenters. The number of hydrogen-bond acceptors (Lipinski definition) is 4. The molecule has 4 rings (SSSR count). The normalized spacial score (nSPS) is 17.5. The Bertz CT molecular complexity index is 813. The van der Waals surface area contributed by atoms with E-state index in [-0.39, 0.29) is 6.10 Å². The van der Waals surface area contributed by atoms with Crippen molar-refractivity contribution in [2.45, 2.75) is 18.9 Å². The monoisotopic (exact) mass is 306 g/mol. The quantitative estimate of drug-likeness (QED) is 0.734. The van der Waals surface area contributed by atoms with Gasteiger partial charge in [0.1, 0.15) is 12.4 Å². The number of fused-ring (bicyclic) bond motifs is 1. The maximum Gasteiger partial charge on any atom is 0.120 e. The molecule has 0 bridgehead atoms. The van der Waals surface area contributed by atoms with E-state index in [0.717, 1.165) is 47.5 Å². The van der Waals surface area contributed by atoms with Crippen LogP contribution >= 0.6 is 0 Å². The average Bonchev–Trinajstić information content (AvgIpc) is 3.13. The molecule has 0 aliphatic carbocycles. The molecule has 1 atom stereocenters. The van der Waals surface area contributed by atoms with Gasteiger partial charge in [0.2, 0.25) is 0 Å². The van der Waals surface area contributed by atoms with Gasteiger partial charge in [0.15, 0.2) is 0 Å². The van der Waals surface area contributed by atoms with Crippen molar-refractivity contribution in [3.05, 3.63) is 54.7 Å². The Kier molecular flexibility index (Phi) is 3.90. The molecule has 1 saturated heterocycles. The first-order valence-electron chi connectivity index (χ1n) is 7.95. The second kappa shape index (κ2) is 6.34. The van der Waals surface area contributed by atoms with Gasteiger partial charge in [-0.3, -0.25) is 4.98 Å². The van der Waals surface area contributed by atoms with E-state index in [1.807, 2.05) is 54.7 Å². The molecule has 0 saturated carbocycles. The smallest absolute Gasteiger partial charge is 0.120 e. The van der Waals surface area contributed by atoms with Gasteiger partial charge in [-0.2, -0.15) is 0 Å². The lowest BCUT2D eigenvalue weighted by atomic mass is 10.1. The third-order valence-corrected chi connectivity index (χ3v) is 4.04. The first-order chi connectivity index (χ1) is 11.4. The molecule has 116 valence electrons. The van der Waals surface area contributed by atoms with Gasteiger partial charge in [-0.15, -0.1) is 0 Å². The highest BCUT2D eigenvalue weighted by atomic mass is 16.5. The maximum absolute atomic E-state index is 5.87. The first kappa shape index (κ1) is 14.2. The number of para-hydroxylation sites is 2. The van der Waals surface area contributed by atoms with E-state index in [4.69, 9.17) is 9.47 Å². The number of aromatic nitrogens is 2. The van der Waals surface area contributed by atoms with Crippen molar-refractivity contribution < 1.29 is 9.47 Å². The molecule has 1 aromatic heterocycles. The lowest BCUT2D eigenvalue weighted by Gasteiger charge is -2.12. The van der Waals surface area contributed by atoms with Crippen LogP contribution in [0.15, 0.2) is 54.7 Å². The van der Waals surface area contributed by atoms with Crippen LogP contribution in [0.3, 0.4) is 0 Å². The molecule has 0 spiro atoms. The highest BCUT2D eigenvalue weighted by Crippen LogP contribution is 2.24. The molecule has 3 aromatic rings. The molecule has 2 heterocycles. The first-order valence-corrected chi connectivity index (χ1v) is 7.95. The number of hydrogen-bond donors (Lipinski definition) is 0. The Morgan fingerprint density at radius 3 is 2.87 bits per heavy atom. The van der Waals surface area contributed by atoms with Gasteiger partial charge in [0.05, 0.1) is 29.0 Å². The fourth-order valence-corrected chi connectivity index (χ4v) is 2.81. The molecular weight excluding hydrogens is 288 g/mol. The third-order valence-electron chi connectivity index (χ3n) is 4.04. The fraction of sp³-hybridized carbons (Fsp3) is 0.263. The van der Waals surface area contributed by atoms with Crippen LogP contribution in [0.25, 0.3) is 22.3 Å². The van der Waals surface area contributed by atoms with Gasteiger partial charge in [-0.1, -0.05) is 24.3 Å². The molecule has 1 fully saturated rings. The second-order valence-electron chi connectivity index (χ2n) is 5.72. The molecular formula is C19H18N2O2. The van der Waals surface area contributed by atoms with Gasteiger partial charge >= 0.3 is 0 Å². The van der Waals surface area contributed by atoms with Crippen molar-refractivity contribution in [3.63, 3.8) is 0 Å². The molecule has 1 aliphatic heterocycles. The summed E-state index contributed by atoms with van der Waals surface area (Å²) in [6.45, 7) is 1.45. The fourth-order valence-electron chi connectivity index (χ4n) is 2.81. The SMILES string of the molecule is c1cc(OCC2CCCO2)cc(-c2cnc3ccccc3n2)c1. The van der Waals surface area contributed by atoms with Gasteiger partial charge in [0.25, 0.3) is 0 Å². The summed E-state index contributed by atoms with van der Waals surface area (Å²) in [5.41, 5.74) is 3.66. The molecule has 4 heteroatoms. The minimum Gasteiger partial charge on any atom is -0.491 e. The van der Waals surface area contributed by atoms with E-state index in [0.29, 0.717) is 6.61 Å². The van der Waals surface area contributed by atoms with Gasteiger partial charge in [-0.05, 0) is 37.1 Å². The Hall–Kier alpha value is -2.46. The topological polar surface area (TPSA) is 44.2 Å². The second-order valence-corrected chi connectivity index (χ2v) is 5.72. The molecule has 0 radical (unpaired) electrons. The molecule has 1 aliphatic rings. The van der Waals surface area contributed by atoms with E-state index < -0.39 is 0 Å². The minimum atomic E-state index is 0.221. The highest BCUT2D eigenvalue weighted by Gasteiger charge is 2.16. The number of rotatable bonds is 4. The molecule has 0 amide bonds. The predicted molar refractivity (Wildman–Crippen MR) is 89.4 cm³/mol. The Labute approximate surface area is 135 Å². The largest absolute Gasteiger partial charge is 0.491 e. The summed E-state index contributed by atoms with van der Waals surface area (Å²) in [5, 5.41) is 0. The molecule has 4 nitrogen and oxygen atoms in total. The summed E-state index contributed by atoms with van der Waals surface area (Å²) in [6.07, 6.45) is 4.23. The van der Waals surface area contributed by atoms with Crippen molar-refractivity contribution in [3.8, 4) is 17.0 Å². The summed E-state index contributed by atoms with van der Waals surface area (Å²) in [5.74, 6) is 0.841. The number of ether oxygens (including phenoxy) is 2. The Morgan fingerprint density at radius 2 is 2.00 bits per heavy atom. The van der Waals surface area contributed by atoms with E-state index in [9.17, 15) is 0 Å². The zero-order chi connectivity index (χ0) is 15.5. The van der Waals surface area contributed by atoms with Crippen LogP contribution in [0, 0.1) is 0 Å². The van der Waals surface area contributed by atoms with E-state index in [1.165, 1.54) is 0 Å². The predicted octanol–water partition coefficient (Wildman–Crippen LogP) is 3.85. The zero-order valence-electron chi connectivity index (χ0n) is 12.8. The number of benzene rings is 2. The van der Waals surface area contributed by atoms with Crippen LogP contribution in [0.2, 0.25) is 0 Å². The van der Waals surface area contributed by atoms with Crippen LogP contribution in [-0.4, -0.2) is 29.3 Å². The molecule has 0 N–H and O–H groups in total. The Morgan fingerprint density at radius 1 is 1.09 bits per heavy atom. The van der Waals surface area contributed by atoms with Crippen LogP contribution in [0.5, 0.6) is 5.75 Å². The van der Waals surface area contributed by atoms with Gasteiger partial charge < -0.3 is 9.47 Å².